The van der Waals surface area contributed by atoms with Crippen molar-refractivity contribution < 1.29 is 17.9 Å². The van der Waals surface area contributed by atoms with Crippen molar-refractivity contribution in [3.8, 4) is 5.75 Å². The Balaban J connectivity index is 1.36. The number of nitrogens with one attached hydrogen (secondary N) is 1. The lowest BCUT2D eigenvalue weighted by atomic mass is 10.2. The molecule has 0 atom stereocenters. The molecule has 0 aliphatic carbocycles. The van der Waals surface area contributed by atoms with Crippen LogP contribution in [0.4, 0.5) is 10.8 Å². The fraction of sp³-hybridized carbons (Fsp3) is 0.333. The quantitative estimate of drug-likeness (QED) is 0.608. The van der Waals surface area contributed by atoms with E-state index in [1.165, 1.54) is 15.6 Å². The van der Waals surface area contributed by atoms with Gasteiger partial charge in [0, 0.05) is 31.9 Å². The van der Waals surface area contributed by atoms with Crippen molar-refractivity contribution >= 4 is 48.3 Å². The summed E-state index contributed by atoms with van der Waals surface area (Å²) in [7, 11) is -2.13. The first-order valence-electron chi connectivity index (χ1n) is 9.88. The third-order valence-electron chi connectivity index (χ3n) is 5.15. The Morgan fingerprint density at radius 3 is 2.65 bits per heavy atom. The number of hydrogen-bond donors (Lipinski definition) is 1. The molecule has 10 heteroatoms. The Labute approximate surface area is 185 Å². The molecule has 1 fully saturated rings. The van der Waals surface area contributed by atoms with Gasteiger partial charge in [-0.15, -0.1) is 0 Å². The highest BCUT2D eigenvalue weighted by molar-refractivity contribution is 7.89. The van der Waals surface area contributed by atoms with Gasteiger partial charge in [0.25, 0.3) is 0 Å². The molecule has 2 heterocycles. The molecule has 3 aromatic rings. The predicted molar refractivity (Wildman–Crippen MR) is 124 cm³/mol. The standard InChI is InChI=1S/C21H24N4O4S2/c1-15-4-3-5-16(12-15)24-8-10-25(11-9-24)31(27,28)14-20(26)23-21-22-18-7-6-17(29-2)13-19(18)30-21/h3-7,12-13H,8-11,14H2,1-2H3,(H,22,23,26). The molecule has 0 bridgehead atoms. The second-order valence-corrected chi connectivity index (χ2v) is 10.4. The summed E-state index contributed by atoms with van der Waals surface area (Å²) in [5.41, 5.74) is 2.97. The van der Waals surface area contributed by atoms with Crippen molar-refractivity contribution in [2.75, 3.05) is 49.3 Å². The third kappa shape index (κ3) is 4.97. The average molecular weight is 461 g/mol. The molecule has 0 saturated carbocycles. The molecule has 2 aromatic carbocycles. The molecule has 4 rings (SSSR count). The Hall–Kier alpha value is -2.69. The summed E-state index contributed by atoms with van der Waals surface area (Å²) in [6.45, 7) is 3.91. The maximum absolute atomic E-state index is 12.8. The monoisotopic (exact) mass is 460 g/mol. The van der Waals surface area contributed by atoms with Crippen molar-refractivity contribution in [1.29, 1.82) is 0 Å². The fourth-order valence-electron chi connectivity index (χ4n) is 3.55. The number of sulfonamides is 1. The molecular weight excluding hydrogens is 436 g/mol. The topological polar surface area (TPSA) is 91.8 Å². The molecule has 1 aliphatic heterocycles. The van der Waals surface area contributed by atoms with Crippen LogP contribution in [0.1, 0.15) is 5.56 Å². The number of carbonyl (C=O) groups excluding carboxylic acids is 1. The normalized spacial score (nSPS) is 15.2. The summed E-state index contributed by atoms with van der Waals surface area (Å²) in [4.78, 5) is 18.9. The lowest BCUT2D eigenvalue weighted by Gasteiger charge is -2.35. The molecule has 0 radical (unpaired) electrons. The van der Waals surface area contributed by atoms with Crippen LogP contribution in [0.25, 0.3) is 10.2 Å². The van der Waals surface area contributed by atoms with E-state index in [4.69, 9.17) is 4.74 Å². The molecule has 1 N–H and O–H groups in total. The molecule has 1 saturated heterocycles. The second kappa shape index (κ2) is 8.81. The van der Waals surface area contributed by atoms with Gasteiger partial charge in [0.2, 0.25) is 15.9 Å². The Morgan fingerprint density at radius 2 is 1.94 bits per heavy atom. The number of ether oxygens (including phenoxy) is 1. The first kappa shape index (κ1) is 21.5. The molecule has 1 amide bonds. The predicted octanol–water partition coefficient (Wildman–Crippen LogP) is 2.70. The summed E-state index contributed by atoms with van der Waals surface area (Å²) < 4.78 is 32.9. The molecule has 0 unspecified atom stereocenters. The number of carbonyl (C=O) groups is 1. The van der Waals surface area contributed by atoms with Gasteiger partial charge in [-0.3, -0.25) is 4.79 Å². The number of aryl methyl sites for hydroxylation is 1. The van der Waals surface area contributed by atoms with Crippen LogP contribution in [0, 0.1) is 6.92 Å². The number of anilines is 2. The van der Waals surface area contributed by atoms with E-state index >= 15 is 0 Å². The largest absolute Gasteiger partial charge is 0.497 e. The molecule has 1 aliphatic rings. The van der Waals surface area contributed by atoms with Crippen LogP contribution in [-0.2, 0) is 14.8 Å². The minimum Gasteiger partial charge on any atom is -0.497 e. The number of amides is 1. The van der Waals surface area contributed by atoms with Gasteiger partial charge in [0.15, 0.2) is 5.13 Å². The van der Waals surface area contributed by atoms with E-state index in [1.807, 2.05) is 31.2 Å². The highest BCUT2D eigenvalue weighted by Gasteiger charge is 2.29. The first-order chi connectivity index (χ1) is 14.8. The first-order valence-corrected chi connectivity index (χ1v) is 12.3. The number of hydrogen-bond acceptors (Lipinski definition) is 7. The second-order valence-electron chi connectivity index (χ2n) is 7.38. The van der Waals surface area contributed by atoms with Gasteiger partial charge in [-0.1, -0.05) is 23.5 Å². The van der Waals surface area contributed by atoms with Gasteiger partial charge in [-0.25, -0.2) is 13.4 Å². The van der Waals surface area contributed by atoms with Crippen LogP contribution < -0.4 is 15.0 Å². The van der Waals surface area contributed by atoms with E-state index in [0.717, 1.165) is 21.5 Å². The lowest BCUT2D eigenvalue weighted by molar-refractivity contribution is -0.113. The molecule has 31 heavy (non-hydrogen) atoms. The van der Waals surface area contributed by atoms with E-state index in [2.05, 4.69) is 21.3 Å². The zero-order valence-corrected chi connectivity index (χ0v) is 19.0. The Bertz CT molecular complexity index is 1200. The van der Waals surface area contributed by atoms with Crippen LogP contribution in [-0.4, -0.2) is 62.7 Å². The van der Waals surface area contributed by atoms with Crippen molar-refractivity contribution in [2.24, 2.45) is 0 Å². The van der Waals surface area contributed by atoms with Crippen molar-refractivity contribution in [1.82, 2.24) is 9.29 Å². The highest BCUT2D eigenvalue weighted by atomic mass is 32.2. The molecule has 0 spiro atoms. The van der Waals surface area contributed by atoms with Gasteiger partial charge in [0.05, 0.1) is 17.3 Å². The summed E-state index contributed by atoms with van der Waals surface area (Å²) >= 11 is 1.28. The van der Waals surface area contributed by atoms with Crippen LogP contribution in [0.3, 0.4) is 0 Å². The van der Waals surface area contributed by atoms with Crippen molar-refractivity contribution in [2.45, 2.75) is 6.92 Å². The molecular formula is C21H24N4O4S2. The Kier molecular flexibility index (Phi) is 6.12. The SMILES string of the molecule is COc1ccc2nc(NC(=O)CS(=O)(=O)N3CCN(c4cccc(C)c4)CC3)sc2c1. The smallest absolute Gasteiger partial charge is 0.242 e. The summed E-state index contributed by atoms with van der Waals surface area (Å²) in [5.74, 6) is -0.495. The fourth-order valence-corrected chi connectivity index (χ4v) is 5.76. The van der Waals surface area contributed by atoms with Crippen molar-refractivity contribution in [3.05, 3.63) is 48.0 Å². The molecule has 164 valence electrons. The van der Waals surface area contributed by atoms with Gasteiger partial charge in [-0.05, 0) is 42.8 Å². The number of thiazole rings is 1. The Morgan fingerprint density at radius 1 is 1.16 bits per heavy atom. The van der Waals surface area contributed by atoms with Crippen LogP contribution in [0.2, 0.25) is 0 Å². The summed E-state index contributed by atoms with van der Waals surface area (Å²) in [5, 5.41) is 2.98. The minimum atomic E-state index is -3.71. The number of methoxy groups -OCH3 is 1. The summed E-state index contributed by atoms with van der Waals surface area (Å²) in [6, 6.07) is 13.6. The van der Waals surface area contributed by atoms with E-state index in [-0.39, 0.29) is 0 Å². The lowest BCUT2D eigenvalue weighted by Crippen LogP contribution is -2.50. The van der Waals surface area contributed by atoms with Gasteiger partial charge < -0.3 is 15.0 Å². The van der Waals surface area contributed by atoms with Gasteiger partial charge >= 0.3 is 0 Å². The highest BCUT2D eigenvalue weighted by Crippen LogP contribution is 2.29. The maximum Gasteiger partial charge on any atom is 0.242 e. The van der Waals surface area contributed by atoms with Crippen LogP contribution in [0.5, 0.6) is 5.75 Å². The van der Waals surface area contributed by atoms with E-state index < -0.39 is 21.7 Å². The van der Waals surface area contributed by atoms with Crippen molar-refractivity contribution in [3.63, 3.8) is 0 Å². The van der Waals surface area contributed by atoms with Crippen LogP contribution >= 0.6 is 11.3 Å². The average Bonchev–Trinajstić information content (AvgIpc) is 3.14. The number of fused-ring (bicyclic) bond motifs is 1. The maximum atomic E-state index is 12.8. The molecule has 8 nitrogen and oxygen atoms in total. The zero-order valence-electron chi connectivity index (χ0n) is 17.4. The zero-order chi connectivity index (χ0) is 22.0. The third-order valence-corrected chi connectivity index (χ3v) is 7.87. The number of aromatic nitrogens is 1. The van der Waals surface area contributed by atoms with Crippen LogP contribution in [0.15, 0.2) is 42.5 Å². The number of rotatable bonds is 6. The van der Waals surface area contributed by atoms with Gasteiger partial charge in [-0.2, -0.15) is 4.31 Å². The number of piperazine rings is 1. The minimum absolute atomic E-state index is 0.352. The van der Waals surface area contributed by atoms with E-state index in [0.29, 0.717) is 37.1 Å². The summed E-state index contributed by atoms with van der Waals surface area (Å²) in [6.07, 6.45) is 0. The number of benzene rings is 2. The molecule has 1 aromatic heterocycles. The van der Waals surface area contributed by atoms with E-state index in [1.54, 1.807) is 19.2 Å². The number of nitrogens with zero attached hydrogens (tertiary/aromatic N) is 3. The van der Waals surface area contributed by atoms with E-state index in [9.17, 15) is 13.2 Å². The van der Waals surface area contributed by atoms with Gasteiger partial charge in [0.1, 0.15) is 11.5 Å².